The second-order valence-electron chi connectivity index (χ2n) is 6.00. The van der Waals surface area contributed by atoms with Gasteiger partial charge < -0.3 is 14.5 Å². The Morgan fingerprint density at radius 2 is 1.75 bits per heavy atom. The van der Waals surface area contributed by atoms with Crippen molar-refractivity contribution in [3.63, 3.8) is 0 Å². The lowest BCUT2D eigenvalue weighted by molar-refractivity contribution is -0.384. The second kappa shape index (κ2) is 7.59. The quantitative estimate of drug-likeness (QED) is 0.592. The number of anilines is 1. The molecule has 3 rings (SSSR count). The number of benzene rings is 1. The fourth-order valence-electron chi connectivity index (χ4n) is 3.13. The molecule has 2 heterocycles. The number of carbonyl (C=O) groups is 1. The Labute approximate surface area is 140 Å². The number of hydrogen-bond acceptors (Lipinski definition) is 6. The van der Waals surface area contributed by atoms with Crippen LogP contribution >= 0.6 is 0 Å². The molecule has 2 fully saturated rings. The Kier molecular flexibility index (Phi) is 5.27. The van der Waals surface area contributed by atoms with Crippen molar-refractivity contribution < 1.29 is 14.5 Å². The summed E-state index contributed by atoms with van der Waals surface area (Å²) in [5.74, 6) is 0.124. The number of amides is 1. The standard InChI is InChI=1S/C16H22N4O4/c21-16(13-17-9-11-24-12-10-17)19-7-5-18(6-8-19)14-3-1-2-4-15(14)20(22)23/h1-4H,5-13H2. The van der Waals surface area contributed by atoms with E-state index in [1.165, 1.54) is 6.07 Å². The lowest BCUT2D eigenvalue weighted by Gasteiger charge is -2.37. The summed E-state index contributed by atoms with van der Waals surface area (Å²) in [6.45, 7) is 5.78. The highest BCUT2D eigenvalue weighted by molar-refractivity contribution is 5.78. The van der Waals surface area contributed by atoms with Gasteiger partial charge in [0.25, 0.3) is 5.69 Å². The van der Waals surface area contributed by atoms with Gasteiger partial charge in [0, 0.05) is 45.3 Å². The van der Waals surface area contributed by atoms with Gasteiger partial charge in [-0.25, -0.2) is 0 Å². The number of morpholine rings is 1. The van der Waals surface area contributed by atoms with Crippen LogP contribution in [0.2, 0.25) is 0 Å². The first kappa shape index (κ1) is 16.7. The molecule has 1 amide bonds. The first-order valence-corrected chi connectivity index (χ1v) is 8.21. The predicted octanol–water partition coefficient (Wildman–Crippen LogP) is 0.576. The predicted molar refractivity (Wildman–Crippen MR) is 89.1 cm³/mol. The monoisotopic (exact) mass is 334 g/mol. The van der Waals surface area contributed by atoms with Crippen LogP contribution in [-0.4, -0.2) is 79.7 Å². The summed E-state index contributed by atoms with van der Waals surface area (Å²) in [7, 11) is 0. The minimum absolute atomic E-state index is 0.116. The summed E-state index contributed by atoms with van der Waals surface area (Å²) in [5, 5.41) is 11.2. The van der Waals surface area contributed by atoms with E-state index in [0.29, 0.717) is 51.6 Å². The molecule has 0 saturated carbocycles. The largest absolute Gasteiger partial charge is 0.379 e. The molecule has 2 saturated heterocycles. The maximum atomic E-state index is 12.4. The van der Waals surface area contributed by atoms with Crippen LogP contribution in [0.25, 0.3) is 0 Å². The van der Waals surface area contributed by atoms with Gasteiger partial charge in [0.15, 0.2) is 0 Å². The molecule has 0 aliphatic carbocycles. The molecule has 8 nitrogen and oxygen atoms in total. The highest BCUT2D eigenvalue weighted by Gasteiger charge is 2.26. The third kappa shape index (κ3) is 3.82. The van der Waals surface area contributed by atoms with E-state index in [1.54, 1.807) is 18.2 Å². The van der Waals surface area contributed by atoms with E-state index in [0.717, 1.165) is 13.1 Å². The fraction of sp³-hybridized carbons (Fsp3) is 0.562. The lowest BCUT2D eigenvalue weighted by Crippen LogP contribution is -2.52. The van der Waals surface area contributed by atoms with Gasteiger partial charge in [-0.05, 0) is 6.07 Å². The topological polar surface area (TPSA) is 79.2 Å². The van der Waals surface area contributed by atoms with E-state index in [4.69, 9.17) is 4.74 Å². The summed E-state index contributed by atoms with van der Waals surface area (Å²) in [5.41, 5.74) is 0.744. The van der Waals surface area contributed by atoms with Crippen molar-refractivity contribution in [2.45, 2.75) is 0 Å². The summed E-state index contributed by atoms with van der Waals surface area (Å²) >= 11 is 0. The number of ether oxygens (including phenoxy) is 1. The van der Waals surface area contributed by atoms with Crippen LogP contribution in [-0.2, 0) is 9.53 Å². The third-order valence-electron chi connectivity index (χ3n) is 4.51. The van der Waals surface area contributed by atoms with Crippen LogP contribution in [0.5, 0.6) is 0 Å². The Hall–Kier alpha value is -2.19. The van der Waals surface area contributed by atoms with Gasteiger partial charge in [0.2, 0.25) is 5.91 Å². The van der Waals surface area contributed by atoms with Gasteiger partial charge in [-0.3, -0.25) is 19.8 Å². The van der Waals surface area contributed by atoms with Crippen molar-refractivity contribution in [1.29, 1.82) is 0 Å². The van der Waals surface area contributed by atoms with Crippen LogP contribution in [0.15, 0.2) is 24.3 Å². The molecule has 8 heteroatoms. The van der Waals surface area contributed by atoms with Gasteiger partial charge in [0.05, 0.1) is 24.7 Å². The van der Waals surface area contributed by atoms with Crippen LogP contribution in [0, 0.1) is 10.1 Å². The van der Waals surface area contributed by atoms with E-state index < -0.39 is 0 Å². The number of nitro benzene ring substituents is 1. The molecule has 1 aromatic carbocycles. The van der Waals surface area contributed by atoms with Gasteiger partial charge >= 0.3 is 0 Å². The number of rotatable bonds is 4. The van der Waals surface area contributed by atoms with Crippen molar-refractivity contribution in [1.82, 2.24) is 9.80 Å². The maximum absolute atomic E-state index is 12.4. The lowest BCUT2D eigenvalue weighted by atomic mass is 10.2. The number of hydrogen-bond donors (Lipinski definition) is 0. The van der Waals surface area contributed by atoms with E-state index in [9.17, 15) is 14.9 Å². The molecule has 130 valence electrons. The van der Waals surface area contributed by atoms with E-state index >= 15 is 0 Å². The van der Waals surface area contributed by atoms with Crippen LogP contribution in [0.1, 0.15) is 0 Å². The molecule has 0 radical (unpaired) electrons. The zero-order valence-corrected chi connectivity index (χ0v) is 13.6. The van der Waals surface area contributed by atoms with E-state index in [-0.39, 0.29) is 16.5 Å². The second-order valence-corrected chi connectivity index (χ2v) is 6.00. The first-order chi connectivity index (χ1) is 11.6. The van der Waals surface area contributed by atoms with Crippen molar-refractivity contribution in [2.75, 3.05) is 63.9 Å². The first-order valence-electron chi connectivity index (χ1n) is 8.21. The Balaban J connectivity index is 1.56. The fourth-order valence-corrected chi connectivity index (χ4v) is 3.13. The number of carbonyl (C=O) groups excluding carboxylic acids is 1. The molecule has 0 spiro atoms. The molecular formula is C16H22N4O4. The van der Waals surface area contributed by atoms with Crippen LogP contribution in [0.3, 0.4) is 0 Å². The third-order valence-corrected chi connectivity index (χ3v) is 4.51. The van der Waals surface area contributed by atoms with Gasteiger partial charge in [-0.15, -0.1) is 0 Å². The highest BCUT2D eigenvalue weighted by atomic mass is 16.6. The smallest absolute Gasteiger partial charge is 0.292 e. The number of nitro groups is 1. The molecule has 0 aromatic heterocycles. The maximum Gasteiger partial charge on any atom is 0.292 e. The summed E-state index contributed by atoms with van der Waals surface area (Å²) < 4.78 is 5.29. The molecule has 1 aromatic rings. The van der Waals surface area contributed by atoms with Gasteiger partial charge in [0.1, 0.15) is 5.69 Å². The Morgan fingerprint density at radius 1 is 1.08 bits per heavy atom. The van der Waals surface area contributed by atoms with Crippen molar-refractivity contribution >= 4 is 17.3 Å². The van der Waals surface area contributed by atoms with Crippen molar-refractivity contribution in [3.8, 4) is 0 Å². The van der Waals surface area contributed by atoms with E-state index in [1.807, 2.05) is 9.80 Å². The van der Waals surface area contributed by atoms with Crippen LogP contribution < -0.4 is 4.90 Å². The van der Waals surface area contributed by atoms with Crippen LogP contribution in [0.4, 0.5) is 11.4 Å². The van der Waals surface area contributed by atoms with Gasteiger partial charge in [-0.1, -0.05) is 12.1 Å². The average Bonchev–Trinajstić information content (AvgIpc) is 2.62. The van der Waals surface area contributed by atoms with E-state index in [2.05, 4.69) is 4.90 Å². The molecule has 0 unspecified atom stereocenters. The molecule has 2 aliphatic heterocycles. The molecular weight excluding hydrogens is 312 g/mol. The zero-order chi connectivity index (χ0) is 16.9. The minimum Gasteiger partial charge on any atom is -0.379 e. The molecule has 2 aliphatic rings. The van der Waals surface area contributed by atoms with Gasteiger partial charge in [-0.2, -0.15) is 0 Å². The number of piperazine rings is 1. The highest BCUT2D eigenvalue weighted by Crippen LogP contribution is 2.28. The Morgan fingerprint density at radius 3 is 2.42 bits per heavy atom. The zero-order valence-electron chi connectivity index (χ0n) is 13.6. The van der Waals surface area contributed by atoms with Crippen molar-refractivity contribution in [3.05, 3.63) is 34.4 Å². The molecule has 0 atom stereocenters. The summed E-state index contributed by atoms with van der Waals surface area (Å²) in [6.07, 6.45) is 0. The average molecular weight is 334 g/mol. The SMILES string of the molecule is O=C(CN1CCOCC1)N1CCN(c2ccccc2[N+](=O)[O-])CC1. The number of para-hydroxylation sites is 2. The van der Waals surface area contributed by atoms with Crippen molar-refractivity contribution in [2.24, 2.45) is 0 Å². The number of nitrogens with zero attached hydrogens (tertiary/aromatic N) is 4. The molecule has 24 heavy (non-hydrogen) atoms. The normalized spacial score (nSPS) is 19.3. The Bertz CT molecular complexity index is 595. The summed E-state index contributed by atoms with van der Waals surface area (Å²) in [6, 6.07) is 6.76. The minimum atomic E-state index is -0.356. The molecule has 0 bridgehead atoms. The summed E-state index contributed by atoms with van der Waals surface area (Å²) in [4.78, 5) is 29.1. The molecule has 0 N–H and O–H groups in total.